The fraction of sp³-hybridized carbons (Fsp3) is 0.136. The lowest BCUT2D eigenvalue weighted by atomic mass is 10.1. The molecular weight excluding hydrogens is 308 g/mol. The summed E-state index contributed by atoms with van der Waals surface area (Å²) in [5.74, 6) is 0.0366. The van der Waals surface area contributed by atoms with Crippen LogP contribution >= 0.6 is 0 Å². The van der Waals surface area contributed by atoms with Crippen LogP contribution < -0.4 is 10.2 Å². The van der Waals surface area contributed by atoms with Crippen LogP contribution in [0.15, 0.2) is 72.8 Å². The maximum atomic E-state index is 13.1. The zero-order valence-electron chi connectivity index (χ0n) is 14.4. The second kappa shape index (κ2) is 6.10. The van der Waals surface area contributed by atoms with Gasteiger partial charge >= 0.3 is 0 Å². The van der Waals surface area contributed by atoms with Gasteiger partial charge in [0.1, 0.15) is 6.17 Å². The van der Waals surface area contributed by atoms with Crippen LogP contribution in [0.2, 0.25) is 0 Å². The van der Waals surface area contributed by atoms with Gasteiger partial charge in [-0.15, -0.1) is 0 Å². The van der Waals surface area contributed by atoms with Crippen LogP contribution in [0.5, 0.6) is 0 Å². The fourth-order valence-corrected chi connectivity index (χ4v) is 3.35. The Balaban J connectivity index is 1.80. The number of carbonyl (C=O) groups is 1. The summed E-state index contributed by atoms with van der Waals surface area (Å²) in [5.41, 5.74) is 6.00. The molecule has 1 N–H and O–H groups in total. The monoisotopic (exact) mass is 328 g/mol. The zero-order chi connectivity index (χ0) is 17.4. The van der Waals surface area contributed by atoms with Gasteiger partial charge in [0.2, 0.25) is 0 Å². The van der Waals surface area contributed by atoms with E-state index in [1.54, 1.807) is 0 Å². The highest BCUT2D eigenvalue weighted by Gasteiger charge is 2.38. The Morgan fingerprint density at radius 2 is 1.52 bits per heavy atom. The van der Waals surface area contributed by atoms with Gasteiger partial charge in [0, 0.05) is 22.5 Å². The van der Waals surface area contributed by atoms with E-state index in [2.05, 4.69) is 36.5 Å². The smallest absolute Gasteiger partial charge is 0.260 e. The summed E-state index contributed by atoms with van der Waals surface area (Å²) < 4.78 is 0. The molecule has 3 nitrogen and oxygen atoms in total. The Labute approximate surface area is 147 Å². The molecule has 25 heavy (non-hydrogen) atoms. The van der Waals surface area contributed by atoms with Crippen LogP contribution in [0.3, 0.4) is 0 Å². The number of nitrogens with one attached hydrogen (secondary N) is 1. The van der Waals surface area contributed by atoms with Crippen LogP contribution in [0.4, 0.5) is 11.4 Å². The number of amides is 1. The first-order chi connectivity index (χ1) is 12.1. The van der Waals surface area contributed by atoms with Gasteiger partial charge in [-0.1, -0.05) is 54.1 Å². The molecule has 0 aliphatic carbocycles. The van der Waals surface area contributed by atoms with Crippen LogP contribution in [-0.4, -0.2) is 5.91 Å². The summed E-state index contributed by atoms with van der Waals surface area (Å²) in [6.45, 7) is 4.10. The molecule has 1 atom stereocenters. The van der Waals surface area contributed by atoms with Crippen LogP contribution in [0, 0.1) is 13.8 Å². The van der Waals surface area contributed by atoms with Crippen LogP contribution in [0.1, 0.15) is 33.2 Å². The molecule has 0 spiro atoms. The van der Waals surface area contributed by atoms with Gasteiger partial charge in [0.05, 0.1) is 0 Å². The van der Waals surface area contributed by atoms with Crippen molar-refractivity contribution in [2.24, 2.45) is 0 Å². The zero-order valence-corrected chi connectivity index (χ0v) is 14.4. The van der Waals surface area contributed by atoms with Crippen LogP contribution in [-0.2, 0) is 0 Å². The minimum Gasteiger partial charge on any atom is -0.361 e. The fourth-order valence-electron chi connectivity index (χ4n) is 3.35. The molecule has 0 radical (unpaired) electrons. The van der Waals surface area contributed by atoms with E-state index in [-0.39, 0.29) is 12.1 Å². The van der Waals surface area contributed by atoms with E-state index in [1.807, 2.05) is 60.4 Å². The number of para-hydroxylation sites is 1. The summed E-state index contributed by atoms with van der Waals surface area (Å²) in [6.07, 6.45) is -0.215. The van der Waals surface area contributed by atoms with Gasteiger partial charge in [-0.25, -0.2) is 0 Å². The van der Waals surface area contributed by atoms with Crippen molar-refractivity contribution in [3.63, 3.8) is 0 Å². The molecule has 1 aliphatic rings. The summed E-state index contributed by atoms with van der Waals surface area (Å²) in [6, 6.07) is 24.1. The number of carbonyl (C=O) groups excluding carboxylic acids is 1. The molecule has 0 unspecified atom stereocenters. The molecule has 1 amide bonds. The molecule has 1 aliphatic heterocycles. The molecule has 1 heterocycles. The first-order valence-corrected chi connectivity index (χ1v) is 8.46. The maximum absolute atomic E-state index is 13.1. The van der Waals surface area contributed by atoms with Crippen molar-refractivity contribution < 1.29 is 4.79 Å². The number of hydrogen-bond donors (Lipinski definition) is 1. The van der Waals surface area contributed by atoms with Gasteiger partial charge < -0.3 is 5.32 Å². The molecule has 0 bridgehead atoms. The van der Waals surface area contributed by atoms with Crippen LogP contribution in [0.25, 0.3) is 0 Å². The number of anilines is 2. The van der Waals surface area contributed by atoms with Crippen molar-refractivity contribution in [3.05, 3.63) is 95.1 Å². The minimum atomic E-state index is -0.215. The Kier molecular flexibility index (Phi) is 3.77. The van der Waals surface area contributed by atoms with Gasteiger partial charge in [-0.3, -0.25) is 9.69 Å². The number of nitrogens with zero attached hydrogens (tertiary/aromatic N) is 1. The first kappa shape index (κ1) is 15.5. The van der Waals surface area contributed by atoms with E-state index in [9.17, 15) is 4.79 Å². The molecule has 0 saturated carbocycles. The highest BCUT2D eigenvalue weighted by Crippen LogP contribution is 2.39. The van der Waals surface area contributed by atoms with E-state index in [1.165, 1.54) is 5.56 Å². The normalized spacial score (nSPS) is 16.0. The molecule has 3 heteroatoms. The predicted octanol–water partition coefficient (Wildman–Crippen LogP) is 5.07. The van der Waals surface area contributed by atoms with E-state index in [0.29, 0.717) is 0 Å². The van der Waals surface area contributed by atoms with E-state index >= 15 is 0 Å². The molecule has 0 saturated heterocycles. The van der Waals surface area contributed by atoms with Crippen molar-refractivity contribution in [1.29, 1.82) is 0 Å². The molecule has 3 aromatic rings. The van der Waals surface area contributed by atoms with Gasteiger partial charge in [-0.2, -0.15) is 0 Å². The molecule has 0 fully saturated rings. The van der Waals surface area contributed by atoms with Crippen molar-refractivity contribution in [2.45, 2.75) is 20.0 Å². The van der Waals surface area contributed by atoms with E-state index in [0.717, 1.165) is 28.1 Å². The highest BCUT2D eigenvalue weighted by atomic mass is 16.2. The summed E-state index contributed by atoms with van der Waals surface area (Å²) in [4.78, 5) is 15.0. The maximum Gasteiger partial charge on any atom is 0.260 e. The third-order valence-corrected chi connectivity index (χ3v) is 4.69. The number of fused-ring (bicyclic) bond motifs is 1. The topological polar surface area (TPSA) is 32.3 Å². The van der Waals surface area contributed by atoms with Crippen molar-refractivity contribution in [2.75, 3.05) is 10.2 Å². The second-order valence-corrected chi connectivity index (χ2v) is 6.46. The standard InChI is InChI=1S/C22H20N2O/c1-15-11-13-17(14-12-15)23-21-18-8-4-5-9-19(18)22(25)24(21)20-10-6-3-7-16(20)2/h3-14,21,23H,1-2H3/t21-/m1/s1. The molecule has 0 aromatic heterocycles. The Bertz CT molecular complexity index is 931. The minimum absolute atomic E-state index is 0.0366. The third kappa shape index (κ3) is 2.68. The molecule has 124 valence electrons. The number of aryl methyl sites for hydroxylation is 2. The summed E-state index contributed by atoms with van der Waals surface area (Å²) in [7, 11) is 0. The third-order valence-electron chi connectivity index (χ3n) is 4.69. The second-order valence-electron chi connectivity index (χ2n) is 6.46. The molecule has 3 aromatic carbocycles. The summed E-state index contributed by atoms with van der Waals surface area (Å²) in [5, 5.41) is 3.54. The Hall–Kier alpha value is -3.07. The van der Waals surface area contributed by atoms with Crippen molar-refractivity contribution >= 4 is 17.3 Å². The largest absolute Gasteiger partial charge is 0.361 e. The number of benzene rings is 3. The lowest BCUT2D eigenvalue weighted by Gasteiger charge is -2.28. The van der Waals surface area contributed by atoms with Crippen molar-refractivity contribution in [1.82, 2.24) is 0 Å². The first-order valence-electron chi connectivity index (χ1n) is 8.46. The van der Waals surface area contributed by atoms with Gasteiger partial charge in [-0.05, 0) is 43.7 Å². The van der Waals surface area contributed by atoms with E-state index < -0.39 is 0 Å². The average Bonchev–Trinajstić information content (AvgIpc) is 2.90. The Morgan fingerprint density at radius 1 is 0.840 bits per heavy atom. The Morgan fingerprint density at radius 3 is 2.28 bits per heavy atom. The quantitative estimate of drug-likeness (QED) is 0.727. The average molecular weight is 328 g/mol. The number of rotatable bonds is 3. The lowest BCUT2D eigenvalue weighted by molar-refractivity contribution is 0.0993. The summed E-state index contributed by atoms with van der Waals surface area (Å²) >= 11 is 0. The SMILES string of the molecule is Cc1ccc(N[C@H]2c3ccccc3C(=O)N2c2ccccc2C)cc1. The lowest BCUT2D eigenvalue weighted by Crippen LogP contribution is -2.32. The van der Waals surface area contributed by atoms with Gasteiger partial charge in [0.15, 0.2) is 0 Å². The molecule has 4 rings (SSSR count). The predicted molar refractivity (Wildman–Crippen MR) is 102 cm³/mol. The van der Waals surface area contributed by atoms with E-state index in [4.69, 9.17) is 0 Å². The number of hydrogen-bond acceptors (Lipinski definition) is 2. The van der Waals surface area contributed by atoms with Gasteiger partial charge in [0.25, 0.3) is 5.91 Å². The van der Waals surface area contributed by atoms with Crippen molar-refractivity contribution in [3.8, 4) is 0 Å². The molecular formula is C22H20N2O. The highest BCUT2D eigenvalue weighted by molar-refractivity contribution is 6.11.